The SMILES string of the molecule is [O-]CC(O)C[O-]. The zero-order chi connectivity index (χ0) is 4.99. The number of hydrogen-bond donors (Lipinski definition) is 1. The third kappa shape index (κ3) is 2.14. The highest BCUT2D eigenvalue weighted by Gasteiger charge is 1.79. The van der Waals surface area contributed by atoms with Crippen molar-refractivity contribution in [2.24, 2.45) is 0 Å². The Labute approximate surface area is 35.9 Å². The van der Waals surface area contributed by atoms with Crippen LogP contribution in [0.2, 0.25) is 0 Å². The lowest BCUT2D eigenvalue weighted by Gasteiger charge is -2.14. The Morgan fingerprint density at radius 3 is 1.67 bits per heavy atom. The molecule has 1 N–H and O–H groups in total. The number of rotatable bonds is 2. The van der Waals surface area contributed by atoms with Crippen molar-refractivity contribution in [1.29, 1.82) is 0 Å². The van der Waals surface area contributed by atoms with Crippen LogP contribution in [0.15, 0.2) is 0 Å². The highest BCUT2D eigenvalue weighted by atomic mass is 16.3. The molecule has 3 nitrogen and oxygen atoms in total. The molecule has 0 atom stereocenters. The zero-order valence-corrected chi connectivity index (χ0v) is 3.26. The van der Waals surface area contributed by atoms with Crippen LogP contribution in [0.4, 0.5) is 0 Å². The molecule has 6 heavy (non-hydrogen) atoms. The predicted octanol–water partition coefficient (Wildman–Crippen LogP) is -2.93. The summed E-state index contributed by atoms with van der Waals surface area (Å²) in [6.07, 6.45) is -1.18. The minimum absolute atomic E-state index is 0.677. The lowest BCUT2D eigenvalue weighted by molar-refractivity contribution is -0.428. The van der Waals surface area contributed by atoms with Crippen LogP contribution in [0.5, 0.6) is 0 Å². The van der Waals surface area contributed by atoms with Crippen LogP contribution in [-0.4, -0.2) is 24.4 Å². The van der Waals surface area contributed by atoms with Crippen molar-refractivity contribution in [1.82, 2.24) is 0 Å². The lowest BCUT2D eigenvalue weighted by Crippen LogP contribution is -2.32. The molecule has 0 spiro atoms. The Morgan fingerprint density at radius 2 is 1.67 bits per heavy atom. The smallest absolute Gasteiger partial charge is 0.0235 e. The summed E-state index contributed by atoms with van der Waals surface area (Å²) in [5, 5.41) is 26.9. The van der Waals surface area contributed by atoms with E-state index in [0.29, 0.717) is 0 Å². The van der Waals surface area contributed by atoms with Gasteiger partial charge in [0, 0.05) is 6.10 Å². The molecular weight excluding hydrogens is 84.0 g/mol. The van der Waals surface area contributed by atoms with E-state index in [0.717, 1.165) is 0 Å². The van der Waals surface area contributed by atoms with Gasteiger partial charge in [-0.25, -0.2) is 0 Å². The Balaban J connectivity index is 2.75. The van der Waals surface area contributed by atoms with Crippen molar-refractivity contribution in [2.45, 2.75) is 6.10 Å². The molecule has 0 aromatic rings. The molecule has 0 aliphatic heterocycles. The summed E-state index contributed by atoms with van der Waals surface area (Å²) in [6, 6.07) is 0. The van der Waals surface area contributed by atoms with E-state index in [1.165, 1.54) is 0 Å². The summed E-state index contributed by atoms with van der Waals surface area (Å²) in [5.74, 6) is 0. The Hall–Kier alpha value is -0.120. The van der Waals surface area contributed by atoms with E-state index in [2.05, 4.69) is 0 Å². The van der Waals surface area contributed by atoms with Gasteiger partial charge in [-0.05, 0) is 0 Å². The van der Waals surface area contributed by atoms with Crippen molar-refractivity contribution in [3.63, 3.8) is 0 Å². The van der Waals surface area contributed by atoms with Crippen LogP contribution in [0.1, 0.15) is 0 Å². The molecule has 0 saturated carbocycles. The largest absolute Gasteiger partial charge is 0.853 e. The van der Waals surface area contributed by atoms with Crippen LogP contribution < -0.4 is 10.2 Å². The summed E-state index contributed by atoms with van der Waals surface area (Å²) in [5.41, 5.74) is 0. The van der Waals surface area contributed by atoms with Gasteiger partial charge in [-0.3, -0.25) is 0 Å². The average Bonchev–Trinajstić information content (AvgIpc) is 1.65. The predicted molar refractivity (Wildman–Crippen MR) is 15.7 cm³/mol. The fourth-order valence-corrected chi connectivity index (χ4v) is 0.0481. The topological polar surface area (TPSA) is 66.3 Å². The molecule has 0 heterocycles. The molecule has 0 aliphatic rings. The summed E-state index contributed by atoms with van der Waals surface area (Å²) in [6.45, 7) is -1.35. The molecule has 0 bridgehead atoms. The maximum Gasteiger partial charge on any atom is 0.0235 e. The van der Waals surface area contributed by atoms with Crippen molar-refractivity contribution in [2.75, 3.05) is 13.2 Å². The van der Waals surface area contributed by atoms with Crippen LogP contribution in [0, 0.1) is 0 Å². The zero-order valence-electron chi connectivity index (χ0n) is 3.26. The van der Waals surface area contributed by atoms with Crippen LogP contribution in [0.3, 0.4) is 0 Å². The molecule has 0 aliphatic carbocycles. The molecule has 0 radical (unpaired) electrons. The van der Waals surface area contributed by atoms with Gasteiger partial charge in [0.2, 0.25) is 0 Å². The number of aliphatic hydroxyl groups is 1. The van der Waals surface area contributed by atoms with Crippen molar-refractivity contribution in [3.8, 4) is 0 Å². The molecular formula is C3H6O3-2. The number of aliphatic hydroxyl groups excluding tert-OH is 1. The van der Waals surface area contributed by atoms with E-state index in [4.69, 9.17) is 5.11 Å². The molecule has 0 amide bonds. The maximum absolute atomic E-state index is 9.41. The standard InChI is InChI=1S/C3H6O3/c4-1-3(6)2-5/h3,6H,1-2H2/q-2. The first-order valence-corrected chi connectivity index (χ1v) is 1.65. The summed E-state index contributed by atoms with van der Waals surface area (Å²) < 4.78 is 0. The molecule has 0 fully saturated rings. The summed E-state index contributed by atoms with van der Waals surface area (Å²) >= 11 is 0. The minimum Gasteiger partial charge on any atom is -0.853 e. The quantitative estimate of drug-likeness (QED) is 0.394. The van der Waals surface area contributed by atoms with E-state index in [1.54, 1.807) is 0 Å². The highest BCUT2D eigenvalue weighted by molar-refractivity contribution is 4.41. The monoisotopic (exact) mass is 90.0 g/mol. The van der Waals surface area contributed by atoms with E-state index in [-0.39, 0.29) is 0 Å². The summed E-state index contributed by atoms with van der Waals surface area (Å²) in [4.78, 5) is 0. The first-order chi connectivity index (χ1) is 2.81. The van der Waals surface area contributed by atoms with Gasteiger partial charge < -0.3 is 15.3 Å². The van der Waals surface area contributed by atoms with Gasteiger partial charge >= 0.3 is 0 Å². The molecule has 3 heteroatoms. The van der Waals surface area contributed by atoms with E-state index in [1.807, 2.05) is 0 Å². The Bertz CT molecular complexity index is 25.2. The molecule has 0 aromatic heterocycles. The van der Waals surface area contributed by atoms with Crippen molar-refractivity contribution >= 4 is 0 Å². The van der Waals surface area contributed by atoms with Gasteiger partial charge in [-0.2, -0.15) is 0 Å². The fraction of sp³-hybridized carbons (Fsp3) is 1.00. The third-order valence-corrected chi connectivity index (χ3v) is 0.385. The van der Waals surface area contributed by atoms with E-state index >= 15 is 0 Å². The third-order valence-electron chi connectivity index (χ3n) is 0.385. The first-order valence-electron chi connectivity index (χ1n) is 1.65. The average molecular weight is 90.1 g/mol. The minimum atomic E-state index is -1.18. The Morgan fingerprint density at radius 1 is 1.33 bits per heavy atom. The summed E-state index contributed by atoms with van der Waals surface area (Å²) in [7, 11) is 0. The maximum atomic E-state index is 9.41. The van der Waals surface area contributed by atoms with Gasteiger partial charge in [0.25, 0.3) is 0 Å². The number of hydrogen-bond acceptors (Lipinski definition) is 3. The van der Waals surface area contributed by atoms with Crippen molar-refractivity contribution < 1.29 is 15.3 Å². The second kappa shape index (κ2) is 3.08. The lowest BCUT2D eigenvalue weighted by atomic mass is 10.4. The Kier molecular flexibility index (Phi) is 3.02. The van der Waals surface area contributed by atoms with Gasteiger partial charge in [-0.1, -0.05) is 0 Å². The van der Waals surface area contributed by atoms with Crippen LogP contribution >= 0.6 is 0 Å². The van der Waals surface area contributed by atoms with Gasteiger partial charge in [0.1, 0.15) is 0 Å². The van der Waals surface area contributed by atoms with Gasteiger partial charge in [0.05, 0.1) is 0 Å². The second-order valence-corrected chi connectivity index (χ2v) is 0.987. The molecule has 38 valence electrons. The normalized spacial score (nSPS) is 10.0. The van der Waals surface area contributed by atoms with Crippen LogP contribution in [-0.2, 0) is 0 Å². The fourth-order valence-electron chi connectivity index (χ4n) is 0.0481. The van der Waals surface area contributed by atoms with Gasteiger partial charge in [0.15, 0.2) is 0 Å². The second-order valence-electron chi connectivity index (χ2n) is 0.987. The van der Waals surface area contributed by atoms with Crippen molar-refractivity contribution in [3.05, 3.63) is 0 Å². The first kappa shape index (κ1) is 5.88. The van der Waals surface area contributed by atoms with E-state index in [9.17, 15) is 10.2 Å². The molecule has 0 aromatic carbocycles. The van der Waals surface area contributed by atoms with E-state index < -0.39 is 19.3 Å². The molecule has 0 saturated heterocycles. The highest BCUT2D eigenvalue weighted by Crippen LogP contribution is 1.65. The molecule has 0 unspecified atom stereocenters. The molecule has 0 rings (SSSR count). The van der Waals surface area contributed by atoms with Crippen LogP contribution in [0.25, 0.3) is 0 Å². The van der Waals surface area contributed by atoms with Gasteiger partial charge in [-0.15, -0.1) is 13.2 Å².